The van der Waals surface area contributed by atoms with Gasteiger partial charge in [0.05, 0.1) is 22.1 Å². The van der Waals surface area contributed by atoms with Crippen LogP contribution in [0.5, 0.6) is 5.75 Å². The Kier molecular flexibility index (Phi) is 4.63. The molecule has 2 N–H and O–H groups in total. The van der Waals surface area contributed by atoms with Gasteiger partial charge in [0.2, 0.25) is 0 Å². The van der Waals surface area contributed by atoms with E-state index in [0.717, 1.165) is 48.3 Å². The van der Waals surface area contributed by atoms with Gasteiger partial charge in [-0.05, 0) is 48.8 Å². The third-order valence-electron chi connectivity index (χ3n) is 6.49. The Morgan fingerprint density at radius 3 is 2.61 bits per heavy atom. The second-order valence-corrected chi connectivity index (χ2v) is 10.0. The number of carbonyl (C=O) groups excluding carboxylic acids is 1. The second-order valence-electron chi connectivity index (χ2n) is 8.89. The maximum absolute atomic E-state index is 13.6. The van der Waals surface area contributed by atoms with Gasteiger partial charge < -0.3 is 15.0 Å². The molecule has 0 saturated carbocycles. The van der Waals surface area contributed by atoms with E-state index in [1.807, 2.05) is 12.1 Å². The van der Waals surface area contributed by atoms with Crippen molar-refractivity contribution in [2.45, 2.75) is 24.2 Å². The van der Waals surface area contributed by atoms with E-state index in [0.29, 0.717) is 21.6 Å². The van der Waals surface area contributed by atoms with Crippen molar-refractivity contribution < 1.29 is 9.90 Å². The molecule has 0 spiro atoms. The van der Waals surface area contributed by atoms with Crippen LogP contribution in [0.2, 0.25) is 0 Å². The highest BCUT2D eigenvalue weighted by Gasteiger charge is 2.40. The maximum atomic E-state index is 13.6. The number of carbonyl (C=O) groups is 1. The fourth-order valence-corrected chi connectivity index (χ4v) is 5.55. The van der Waals surface area contributed by atoms with Crippen LogP contribution in [0, 0.1) is 11.3 Å². The zero-order chi connectivity index (χ0) is 21.9. The van der Waals surface area contributed by atoms with E-state index in [4.69, 9.17) is 0 Å². The lowest BCUT2D eigenvalue weighted by Crippen LogP contribution is -2.41. The number of likely N-dealkylation sites (N-methyl/N-ethyl adjacent to an activating group) is 1. The lowest BCUT2D eigenvalue weighted by Gasteiger charge is -2.34. The molecule has 7 heteroatoms. The van der Waals surface area contributed by atoms with Crippen molar-refractivity contribution in [3.63, 3.8) is 0 Å². The summed E-state index contributed by atoms with van der Waals surface area (Å²) in [4.78, 5) is 20.0. The molecule has 6 nitrogen and oxygen atoms in total. The summed E-state index contributed by atoms with van der Waals surface area (Å²) in [6.07, 6.45) is 0. The monoisotopic (exact) mass is 432 g/mol. The summed E-state index contributed by atoms with van der Waals surface area (Å²) in [7, 11) is 2.11. The molecule has 158 valence electrons. The Bertz CT molecular complexity index is 1260. The van der Waals surface area contributed by atoms with Crippen molar-refractivity contribution >= 4 is 28.6 Å². The molecule has 1 aromatic heterocycles. The van der Waals surface area contributed by atoms with Gasteiger partial charge in [0, 0.05) is 53.8 Å². The van der Waals surface area contributed by atoms with Crippen molar-refractivity contribution in [3.05, 3.63) is 58.3 Å². The minimum Gasteiger partial charge on any atom is -0.507 e. The summed E-state index contributed by atoms with van der Waals surface area (Å²) in [5.74, 6) is 0.162. The number of aromatic amines is 1. The average Bonchev–Trinajstić information content (AvgIpc) is 3.15. The number of aromatic hydroxyl groups is 1. The van der Waals surface area contributed by atoms with Gasteiger partial charge in [0.1, 0.15) is 5.75 Å². The molecule has 5 rings (SSSR count). The van der Waals surface area contributed by atoms with Crippen LogP contribution in [-0.2, 0) is 5.41 Å². The third-order valence-corrected chi connectivity index (χ3v) is 7.63. The molecule has 1 fully saturated rings. The van der Waals surface area contributed by atoms with Crippen molar-refractivity contribution in [2.24, 2.45) is 0 Å². The van der Waals surface area contributed by atoms with Gasteiger partial charge >= 0.3 is 0 Å². The Balaban J connectivity index is 1.60. The highest BCUT2D eigenvalue weighted by atomic mass is 32.2. The number of hydrogen-bond acceptors (Lipinski definition) is 6. The number of phenolic OH excluding ortho intramolecular Hbond substituents is 1. The third kappa shape index (κ3) is 3.14. The minimum atomic E-state index is -0.487. The molecule has 0 amide bonds. The molecule has 2 aromatic carbocycles. The average molecular weight is 433 g/mol. The number of ketones is 1. The standard InChI is InChI=1S/C24H24N4O2S/c1-24(2)17-12-19(29)20(31-28-8-6-27(3)7-9-28)11-16(17)22(30)21-15-5-4-14(13-25)10-18(15)26-23(21)24/h4-5,10-12,26,29H,6-9H2,1-3H3. The fraction of sp³-hybridized carbons (Fsp3) is 0.333. The summed E-state index contributed by atoms with van der Waals surface area (Å²) in [5.41, 5.74) is 3.80. The molecular weight excluding hydrogens is 408 g/mol. The predicted octanol–water partition coefficient (Wildman–Crippen LogP) is 3.87. The minimum absolute atomic E-state index is 0.0412. The van der Waals surface area contributed by atoms with Gasteiger partial charge in [0.25, 0.3) is 0 Å². The molecule has 0 radical (unpaired) electrons. The van der Waals surface area contributed by atoms with Gasteiger partial charge in [-0.3, -0.25) is 4.79 Å². The number of H-pyrrole nitrogens is 1. The molecular formula is C24H24N4O2S. The van der Waals surface area contributed by atoms with Crippen LogP contribution >= 0.6 is 11.9 Å². The number of rotatable bonds is 2. The molecule has 31 heavy (non-hydrogen) atoms. The number of piperazine rings is 1. The topological polar surface area (TPSA) is 83.4 Å². The molecule has 1 aliphatic carbocycles. The van der Waals surface area contributed by atoms with Gasteiger partial charge in [-0.25, -0.2) is 4.31 Å². The highest BCUT2D eigenvalue weighted by molar-refractivity contribution is 7.97. The first-order valence-corrected chi connectivity index (χ1v) is 11.2. The molecule has 0 bridgehead atoms. The second kappa shape index (κ2) is 7.13. The summed E-state index contributed by atoms with van der Waals surface area (Å²) < 4.78 is 2.24. The Morgan fingerprint density at radius 2 is 1.90 bits per heavy atom. The van der Waals surface area contributed by atoms with Crippen LogP contribution in [-0.4, -0.2) is 58.3 Å². The van der Waals surface area contributed by atoms with Crippen molar-refractivity contribution in [1.82, 2.24) is 14.2 Å². The summed E-state index contributed by atoms with van der Waals surface area (Å²) in [6.45, 7) is 7.90. The first kappa shape index (κ1) is 20.1. The molecule has 0 atom stereocenters. The van der Waals surface area contributed by atoms with Gasteiger partial charge in [-0.2, -0.15) is 5.26 Å². The van der Waals surface area contributed by atoms with Crippen LogP contribution in [0.15, 0.2) is 35.2 Å². The van der Waals surface area contributed by atoms with Crippen molar-refractivity contribution in [3.8, 4) is 11.8 Å². The van der Waals surface area contributed by atoms with E-state index < -0.39 is 5.41 Å². The highest BCUT2D eigenvalue weighted by Crippen LogP contribution is 2.47. The lowest BCUT2D eigenvalue weighted by molar-refractivity contribution is 0.103. The number of nitrogens with zero attached hydrogens (tertiary/aromatic N) is 3. The van der Waals surface area contributed by atoms with Crippen LogP contribution in [0.25, 0.3) is 10.9 Å². The van der Waals surface area contributed by atoms with E-state index in [1.54, 1.807) is 18.2 Å². The quantitative estimate of drug-likeness (QED) is 0.598. The van der Waals surface area contributed by atoms with E-state index in [1.165, 1.54) is 11.9 Å². The van der Waals surface area contributed by atoms with Crippen LogP contribution in [0.1, 0.15) is 46.6 Å². The van der Waals surface area contributed by atoms with E-state index in [2.05, 4.69) is 41.2 Å². The maximum Gasteiger partial charge on any atom is 0.195 e. The number of nitrogens with one attached hydrogen (secondary N) is 1. The largest absolute Gasteiger partial charge is 0.507 e. The van der Waals surface area contributed by atoms with Gasteiger partial charge in [0.15, 0.2) is 5.78 Å². The number of benzene rings is 2. The summed E-state index contributed by atoms with van der Waals surface area (Å²) in [6, 6.07) is 11.1. The Morgan fingerprint density at radius 1 is 1.16 bits per heavy atom. The smallest absolute Gasteiger partial charge is 0.195 e. The zero-order valence-corrected chi connectivity index (χ0v) is 18.6. The number of fused-ring (bicyclic) bond motifs is 4. The first-order chi connectivity index (χ1) is 14.8. The Labute approximate surface area is 185 Å². The first-order valence-electron chi connectivity index (χ1n) is 10.4. The SMILES string of the molecule is CN1CCN(Sc2cc3c(cc2O)C(C)(C)c2[nH]c4cc(C#N)ccc4c2C3=O)CC1. The zero-order valence-electron chi connectivity index (χ0n) is 17.8. The summed E-state index contributed by atoms with van der Waals surface area (Å²) in [5, 5.41) is 20.9. The molecule has 0 unspecified atom stereocenters. The van der Waals surface area contributed by atoms with Gasteiger partial charge in [-0.1, -0.05) is 19.9 Å². The van der Waals surface area contributed by atoms with Crippen LogP contribution in [0.4, 0.5) is 0 Å². The van der Waals surface area contributed by atoms with Crippen molar-refractivity contribution in [2.75, 3.05) is 33.2 Å². The van der Waals surface area contributed by atoms with Crippen LogP contribution < -0.4 is 0 Å². The molecule has 1 aliphatic heterocycles. The molecule has 3 aromatic rings. The van der Waals surface area contributed by atoms with Crippen molar-refractivity contribution in [1.29, 1.82) is 5.26 Å². The number of aromatic nitrogens is 1. The normalized spacial score (nSPS) is 18.6. The molecule has 2 heterocycles. The Hall–Kier alpha value is -2.79. The van der Waals surface area contributed by atoms with E-state index in [-0.39, 0.29) is 11.5 Å². The lowest BCUT2D eigenvalue weighted by atomic mass is 9.71. The van der Waals surface area contributed by atoms with E-state index in [9.17, 15) is 15.2 Å². The summed E-state index contributed by atoms with van der Waals surface area (Å²) >= 11 is 1.52. The van der Waals surface area contributed by atoms with Crippen LogP contribution in [0.3, 0.4) is 0 Å². The molecule has 1 saturated heterocycles. The molecule has 2 aliphatic rings. The van der Waals surface area contributed by atoms with E-state index >= 15 is 0 Å². The predicted molar refractivity (Wildman–Crippen MR) is 122 cm³/mol. The fourth-order valence-electron chi connectivity index (χ4n) is 4.61. The van der Waals surface area contributed by atoms with Gasteiger partial charge in [-0.15, -0.1) is 0 Å². The number of nitriles is 1. The number of hydrogen-bond donors (Lipinski definition) is 2. The number of phenols is 1.